The highest BCUT2D eigenvalue weighted by Crippen LogP contribution is 2.13. The van der Waals surface area contributed by atoms with Crippen molar-refractivity contribution in [2.75, 3.05) is 6.54 Å². The largest absolute Gasteiger partial charge is 0.289 e. The lowest BCUT2D eigenvalue weighted by molar-refractivity contribution is 0.738. The molecule has 0 saturated heterocycles. The molecular formula is C11H14N2. The number of aryl methyl sites for hydroxylation is 1. The van der Waals surface area contributed by atoms with E-state index in [1.54, 1.807) is 0 Å². The second-order valence-corrected chi connectivity index (χ2v) is 3.54. The van der Waals surface area contributed by atoms with Crippen molar-refractivity contribution in [2.24, 2.45) is 4.99 Å². The smallest absolute Gasteiger partial charge is 0.0436 e. The quantitative estimate of drug-likeness (QED) is 0.641. The van der Waals surface area contributed by atoms with Crippen LogP contribution in [0.5, 0.6) is 0 Å². The summed E-state index contributed by atoms with van der Waals surface area (Å²) < 4.78 is 0. The van der Waals surface area contributed by atoms with Gasteiger partial charge >= 0.3 is 0 Å². The first kappa shape index (κ1) is 8.42. The van der Waals surface area contributed by atoms with E-state index in [0.29, 0.717) is 0 Å². The van der Waals surface area contributed by atoms with Gasteiger partial charge < -0.3 is 0 Å². The second-order valence-electron chi connectivity index (χ2n) is 3.54. The Kier molecular flexibility index (Phi) is 2.39. The van der Waals surface area contributed by atoms with Gasteiger partial charge in [-0.25, -0.2) is 0 Å². The van der Waals surface area contributed by atoms with Crippen LogP contribution in [0.1, 0.15) is 30.4 Å². The Morgan fingerprint density at radius 1 is 1.23 bits per heavy atom. The van der Waals surface area contributed by atoms with Gasteiger partial charge in [-0.05, 0) is 37.8 Å². The topological polar surface area (TPSA) is 25.2 Å². The van der Waals surface area contributed by atoms with Crippen molar-refractivity contribution in [3.63, 3.8) is 0 Å². The van der Waals surface area contributed by atoms with Crippen molar-refractivity contribution in [3.05, 3.63) is 29.6 Å². The Bertz CT molecular complexity index is 329. The third-order valence-electron chi connectivity index (χ3n) is 2.33. The van der Waals surface area contributed by atoms with E-state index >= 15 is 0 Å². The van der Waals surface area contributed by atoms with Crippen LogP contribution in [0, 0.1) is 6.92 Å². The molecule has 1 aliphatic heterocycles. The number of nitrogens with zero attached hydrogens (tertiary/aromatic N) is 2. The third-order valence-corrected chi connectivity index (χ3v) is 2.33. The highest BCUT2D eigenvalue weighted by Gasteiger charge is 2.07. The SMILES string of the molecule is Cc1cncc(C2=NCCCC2)c1. The van der Waals surface area contributed by atoms with E-state index in [1.165, 1.54) is 29.7 Å². The van der Waals surface area contributed by atoms with E-state index in [0.717, 1.165) is 13.0 Å². The Morgan fingerprint density at radius 3 is 2.85 bits per heavy atom. The first-order valence-electron chi connectivity index (χ1n) is 4.81. The van der Waals surface area contributed by atoms with Crippen molar-refractivity contribution in [1.82, 2.24) is 4.98 Å². The van der Waals surface area contributed by atoms with Gasteiger partial charge in [0, 0.05) is 30.2 Å². The zero-order valence-electron chi connectivity index (χ0n) is 7.95. The number of aliphatic imine (C=N–C) groups is 1. The van der Waals surface area contributed by atoms with E-state index in [4.69, 9.17) is 0 Å². The van der Waals surface area contributed by atoms with Gasteiger partial charge in [0.25, 0.3) is 0 Å². The minimum Gasteiger partial charge on any atom is -0.289 e. The van der Waals surface area contributed by atoms with Crippen molar-refractivity contribution >= 4 is 5.71 Å². The molecule has 0 atom stereocenters. The standard InChI is InChI=1S/C11H14N2/c1-9-6-10(8-12-7-9)11-4-2-3-5-13-11/h6-8H,2-5H2,1H3. The summed E-state index contributed by atoms with van der Waals surface area (Å²) in [5.74, 6) is 0. The first-order valence-corrected chi connectivity index (χ1v) is 4.81. The molecule has 2 nitrogen and oxygen atoms in total. The number of pyridine rings is 1. The average Bonchev–Trinajstić information content (AvgIpc) is 2.19. The zero-order chi connectivity index (χ0) is 9.10. The number of hydrogen-bond donors (Lipinski definition) is 0. The Balaban J connectivity index is 2.29. The summed E-state index contributed by atoms with van der Waals surface area (Å²) in [6.45, 7) is 3.06. The molecule has 68 valence electrons. The van der Waals surface area contributed by atoms with Crippen molar-refractivity contribution in [2.45, 2.75) is 26.2 Å². The maximum absolute atomic E-state index is 4.52. The minimum absolute atomic E-state index is 0.989. The lowest BCUT2D eigenvalue weighted by atomic mass is 10.0. The summed E-state index contributed by atoms with van der Waals surface area (Å²) in [5, 5.41) is 0. The van der Waals surface area contributed by atoms with Crippen LogP contribution in [0.4, 0.5) is 0 Å². The van der Waals surface area contributed by atoms with Crippen LogP contribution < -0.4 is 0 Å². The van der Waals surface area contributed by atoms with Crippen LogP contribution in [0.3, 0.4) is 0 Å². The van der Waals surface area contributed by atoms with E-state index in [9.17, 15) is 0 Å². The molecule has 0 aromatic carbocycles. The summed E-state index contributed by atoms with van der Waals surface area (Å²) in [6.07, 6.45) is 7.42. The highest BCUT2D eigenvalue weighted by atomic mass is 14.8. The van der Waals surface area contributed by atoms with Crippen LogP contribution in [-0.2, 0) is 0 Å². The van der Waals surface area contributed by atoms with Crippen molar-refractivity contribution in [1.29, 1.82) is 0 Å². The van der Waals surface area contributed by atoms with Gasteiger partial charge in [-0.2, -0.15) is 0 Å². The molecule has 2 heteroatoms. The van der Waals surface area contributed by atoms with Gasteiger partial charge in [0.1, 0.15) is 0 Å². The molecule has 1 aromatic heterocycles. The van der Waals surface area contributed by atoms with Crippen molar-refractivity contribution in [3.8, 4) is 0 Å². The van der Waals surface area contributed by atoms with Crippen molar-refractivity contribution < 1.29 is 0 Å². The molecule has 1 aliphatic rings. The molecule has 1 aromatic rings. The maximum atomic E-state index is 4.52. The average molecular weight is 174 g/mol. The molecule has 2 heterocycles. The summed E-state index contributed by atoms with van der Waals surface area (Å²) in [6, 6.07) is 2.16. The van der Waals surface area contributed by atoms with Crippen LogP contribution in [-0.4, -0.2) is 17.2 Å². The summed E-state index contributed by atoms with van der Waals surface area (Å²) in [5.41, 5.74) is 3.66. The monoisotopic (exact) mass is 174 g/mol. The van der Waals surface area contributed by atoms with Crippen LogP contribution >= 0.6 is 0 Å². The minimum atomic E-state index is 0.989. The molecule has 0 aliphatic carbocycles. The molecule has 13 heavy (non-hydrogen) atoms. The van der Waals surface area contributed by atoms with Crippen LogP contribution in [0.25, 0.3) is 0 Å². The van der Waals surface area contributed by atoms with Gasteiger partial charge in [-0.3, -0.25) is 9.98 Å². The fourth-order valence-electron chi connectivity index (χ4n) is 1.65. The van der Waals surface area contributed by atoms with E-state index in [-0.39, 0.29) is 0 Å². The summed E-state index contributed by atoms with van der Waals surface area (Å²) >= 11 is 0. The molecule has 0 unspecified atom stereocenters. The van der Waals surface area contributed by atoms with E-state index < -0.39 is 0 Å². The number of rotatable bonds is 1. The summed E-state index contributed by atoms with van der Waals surface area (Å²) in [4.78, 5) is 8.70. The van der Waals surface area contributed by atoms with Gasteiger partial charge in [0.15, 0.2) is 0 Å². The van der Waals surface area contributed by atoms with Crippen LogP contribution in [0.2, 0.25) is 0 Å². The number of hydrogen-bond acceptors (Lipinski definition) is 2. The molecule has 0 saturated carbocycles. The lowest BCUT2D eigenvalue weighted by Crippen LogP contribution is -2.08. The first-order chi connectivity index (χ1) is 6.36. The molecule has 0 bridgehead atoms. The second kappa shape index (κ2) is 3.69. The van der Waals surface area contributed by atoms with Gasteiger partial charge in [0.05, 0.1) is 0 Å². The molecular weight excluding hydrogens is 160 g/mol. The predicted octanol–water partition coefficient (Wildman–Crippen LogP) is 2.36. The molecule has 0 fully saturated rings. The Hall–Kier alpha value is -1.18. The number of aromatic nitrogens is 1. The molecule has 2 rings (SSSR count). The Morgan fingerprint density at radius 2 is 2.15 bits per heavy atom. The lowest BCUT2D eigenvalue weighted by Gasteiger charge is -2.11. The molecule has 0 amide bonds. The van der Waals surface area contributed by atoms with Gasteiger partial charge in [-0.1, -0.05) is 0 Å². The fraction of sp³-hybridized carbons (Fsp3) is 0.455. The Labute approximate surface area is 78.7 Å². The van der Waals surface area contributed by atoms with Crippen LogP contribution in [0.15, 0.2) is 23.5 Å². The molecule has 0 N–H and O–H groups in total. The highest BCUT2D eigenvalue weighted by molar-refractivity contribution is 6.00. The van der Waals surface area contributed by atoms with E-state index in [1.807, 2.05) is 12.4 Å². The maximum Gasteiger partial charge on any atom is 0.0436 e. The van der Waals surface area contributed by atoms with Gasteiger partial charge in [-0.15, -0.1) is 0 Å². The molecule has 0 radical (unpaired) electrons. The normalized spacial score (nSPS) is 16.8. The predicted molar refractivity (Wildman–Crippen MR) is 54.2 cm³/mol. The molecule has 0 spiro atoms. The van der Waals surface area contributed by atoms with Gasteiger partial charge in [0.2, 0.25) is 0 Å². The fourth-order valence-corrected chi connectivity index (χ4v) is 1.65. The zero-order valence-corrected chi connectivity index (χ0v) is 7.95. The van der Waals surface area contributed by atoms with E-state index in [2.05, 4.69) is 23.0 Å². The summed E-state index contributed by atoms with van der Waals surface area (Å²) in [7, 11) is 0. The third kappa shape index (κ3) is 1.94.